The van der Waals surface area contributed by atoms with Crippen molar-refractivity contribution in [3.8, 4) is 11.5 Å². The van der Waals surface area contributed by atoms with Crippen LogP contribution in [0.2, 0.25) is 0 Å². The fraction of sp³-hybridized carbons (Fsp3) is 0.400. The number of ether oxygens (including phenoxy) is 2. The van der Waals surface area contributed by atoms with Crippen LogP contribution in [0.25, 0.3) is 0 Å². The van der Waals surface area contributed by atoms with Gasteiger partial charge in [0.2, 0.25) is 5.16 Å². The van der Waals surface area contributed by atoms with Gasteiger partial charge in [-0.15, -0.1) is 10.2 Å². The number of hydrogen-bond donors (Lipinski definition) is 0. The van der Waals surface area contributed by atoms with E-state index in [-0.39, 0.29) is 5.92 Å². The molecule has 0 atom stereocenters. The fourth-order valence-electron chi connectivity index (χ4n) is 1.93. The summed E-state index contributed by atoms with van der Waals surface area (Å²) in [6.45, 7) is 4.13. The van der Waals surface area contributed by atoms with Crippen LogP contribution in [0.15, 0.2) is 28.5 Å². The molecule has 6 nitrogen and oxygen atoms in total. The minimum atomic E-state index is 0.246. The van der Waals surface area contributed by atoms with Crippen LogP contribution >= 0.6 is 11.8 Å². The highest BCUT2D eigenvalue weighted by Crippen LogP contribution is 2.27. The highest BCUT2D eigenvalue weighted by atomic mass is 32.2. The first-order valence-corrected chi connectivity index (χ1v) is 8.08. The van der Waals surface area contributed by atoms with Crippen LogP contribution in [0.5, 0.6) is 11.5 Å². The van der Waals surface area contributed by atoms with Crippen LogP contribution in [-0.2, 0) is 0 Å². The molecule has 0 aliphatic rings. The van der Waals surface area contributed by atoms with Gasteiger partial charge in [0.1, 0.15) is 0 Å². The lowest BCUT2D eigenvalue weighted by atomic mass is 10.2. The van der Waals surface area contributed by atoms with Gasteiger partial charge in [-0.05, 0) is 30.0 Å². The van der Waals surface area contributed by atoms with Crippen molar-refractivity contribution < 1.29 is 9.47 Å². The van der Waals surface area contributed by atoms with E-state index >= 15 is 0 Å². The predicted octanol–water partition coefficient (Wildman–Crippen LogP) is 3.02. The van der Waals surface area contributed by atoms with Crippen molar-refractivity contribution in [2.75, 3.05) is 20.5 Å². The minimum absolute atomic E-state index is 0.246. The third-order valence-corrected chi connectivity index (χ3v) is 3.68. The van der Waals surface area contributed by atoms with E-state index in [0.29, 0.717) is 11.5 Å². The monoisotopic (exact) mass is 320 g/mol. The number of methoxy groups -OCH3 is 2. The molecule has 118 valence electrons. The fourth-order valence-corrected chi connectivity index (χ4v) is 2.37. The maximum absolute atomic E-state index is 5.30. The molecule has 1 heterocycles. The molecular formula is C15H20N4O2S. The Hall–Kier alpha value is -2.02. The summed E-state index contributed by atoms with van der Waals surface area (Å²) in [5.41, 5.74) is 0.910. The van der Waals surface area contributed by atoms with Gasteiger partial charge in [-0.3, -0.25) is 0 Å². The molecule has 0 saturated heterocycles. The number of rotatable bonds is 6. The smallest absolute Gasteiger partial charge is 0.211 e. The average Bonchev–Trinajstić information content (AvgIpc) is 2.95. The number of nitrogens with zero attached hydrogens (tertiary/aromatic N) is 4. The Labute approximate surface area is 134 Å². The van der Waals surface area contributed by atoms with Crippen LogP contribution < -0.4 is 9.47 Å². The summed E-state index contributed by atoms with van der Waals surface area (Å²) in [6.07, 6.45) is 3.72. The third kappa shape index (κ3) is 3.41. The van der Waals surface area contributed by atoms with Crippen molar-refractivity contribution >= 4 is 18.0 Å². The van der Waals surface area contributed by atoms with Gasteiger partial charge in [0.15, 0.2) is 17.3 Å². The van der Waals surface area contributed by atoms with Gasteiger partial charge in [-0.2, -0.15) is 9.78 Å². The highest BCUT2D eigenvalue weighted by molar-refractivity contribution is 7.98. The predicted molar refractivity (Wildman–Crippen MR) is 88.4 cm³/mol. The van der Waals surface area contributed by atoms with E-state index in [1.807, 2.05) is 24.5 Å². The quantitative estimate of drug-likeness (QED) is 0.605. The van der Waals surface area contributed by atoms with Crippen LogP contribution in [0.1, 0.15) is 31.2 Å². The molecule has 0 amide bonds. The molecule has 0 aliphatic carbocycles. The summed E-state index contributed by atoms with van der Waals surface area (Å²) in [6, 6.07) is 5.65. The molecule has 0 aliphatic heterocycles. The third-order valence-electron chi connectivity index (χ3n) is 3.07. The molecule has 0 spiro atoms. The molecule has 2 aromatic rings. The Kier molecular flexibility index (Phi) is 5.43. The van der Waals surface area contributed by atoms with Crippen molar-refractivity contribution in [2.24, 2.45) is 5.10 Å². The lowest BCUT2D eigenvalue weighted by molar-refractivity contribution is 0.355. The first kappa shape index (κ1) is 16.4. The number of aromatic nitrogens is 3. The zero-order chi connectivity index (χ0) is 16.1. The largest absolute Gasteiger partial charge is 0.493 e. The lowest BCUT2D eigenvalue weighted by Gasteiger charge is -2.08. The molecule has 1 aromatic heterocycles. The van der Waals surface area contributed by atoms with E-state index in [4.69, 9.17) is 9.47 Å². The Bertz CT molecular complexity index is 668. The Morgan fingerprint density at radius 3 is 2.50 bits per heavy atom. The standard InChI is InChI=1S/C15H20N4O2S/c1-10(2)14-17-18-15(22-5)19(14)16-9-11-6-7-12(20-3)13(8-11)21-4/h6-10H,1-5H3/b16-9-. The number of benzene rings is 1. The lowest BCUT2D eigenvalue weighted by Crippen LogP contribution is -2.02. The normalized spacial score (nSPS) is 11.4. The molecule has 7 heteroatoms. The van der Waals surface area contributed by atoms with Gasteiger partial charge >= 0.3 is 0 Å². The highest BCUT2D eigenvalue weighted by Gasteiger charge is 2.13. The van der Waals surface area contributed by atoms with Crippen molar-refractivity contribution in [2.45, 2.75) is 24.9 Å². The Morgan fingerprint density at radius 2 is 1.91 bits per heavy atom. The summed E-state index contributed by atoms with van der Waals surface area (Å²) in [5.74, 6) is 2.44. The van der Waals surface area contributed by atoms with Gasteiger partial charge < -0.3 is 9.47 Å². The molecule has 0 saturated carbocycles. The van der Waals surface area contributed by atoms with E-state index in [1.165, 1.54) is 11.8 Å². The molecule has 0 radical (unpaired) electrons. The molecule has 0 unspecified atom stereocenters. The zero-order valence-corrected chi connectivity index (χ0v) is 14.2. The number of hydrogen-bond acceptors (Lipinski definition) is 6. The molecule has 0 N–H and O–H groups in total. The maximum Gasteiger partial charge on any atom is 0.211 e. The topological polar surface area (TPSA) is 61.5 Å². The SMILES string of the molecule is COc1ccc(/C=N\n2c(SC)nnc2C(C)C)cc1OC. The maximum atomic E-state index is 5.30. The van der Waals surface area contributed by atoms with E-state index in [2.05, 4.69) is 29.1 Å². The van der Waals surface area contributed by atoms with Gasteiger partial charge in [-0.25, -0.2) is 0 Å². The summed E-state index contributed by atoms with van der Waals surface area (Å²) >= 11 is 1.51. The molecule has 0 bridgehead atoms. The van der Waals surface area contributed by atoms with E-state index in [1.54, 1.807) is 25.1 Å². The zero-order valence-electron chi connectivity index (χ0n) is 13.4. The van der Waals surface area contributed by atoms with Crippen molar-refractivity contribution in [3.05, 3.63) is 29.6 Å². The van der Waals surface area contributed by atoms with Crippen LogP contribution in [0.4, 0.5) is 0 Å². The molecule has 1 aromatic carbocycles. The molecule has 2 rings (SSSR count). The van der Waals surface area contributed by atoms with E-state index < -0.39 is 0 Å². The first-order chi connectivity index (χ1) is 10.6. The molecule has 0 fully saturated rings. The summed E-state index contributed by atoms with van der Waals surface area (Å²) < 4.78 is 12.3. The minimum Gasteiger partial charge on any atom is -0.493 e. The Balaban J connectivity index is 2.34. The molecular weight excluding hydrogens is 300 g/mol. The second-order valence-corrected chi connectivity index (χ2v) is 5.64. The van der Waals surface area contributed by atoms with Gasteiger partial charge in [0, 0.05) is 5.92 Å². The summed E-state index contributed by atoms with van der Waals surface area (Å²) in [7, 11) is 3.23. The van der Waals surface area contributed by atoms with Gasteiger partial charge in [0.05, 0.1) is 20.4 Å². The van der Waals surface area contributed by atoms with Crippen LogP contribution in [0.3, 0.4) is 0 Å². The van der Waals surface area contributed by atoms with Gasteiger partial charge in [-0.1, -0.05) is 25.6 Å². The van der Waals surface area contributed by atoms with E-state index in [0.717, 1.165) is 16.5 Å². The van der Waals surface area contributed by atoms with Crippen LogP contribution in [0, 0.1) is 0 Å². The summed E-state index contributed by atoms with van der Waals surface area (Å²) in [4.78, 5) is 0. The van der Waals surface area contributed by atoms with Crippen molar-refractivity contribution in [3.63, 3.8) is 0 Å². The Morgan fingerprint density at radius 1 is 1.18 bits per heavy atom. The summed E-state index contributed by atoms with van der Waals surface area (Å²) in [5, 5.41) is 13.6. The van der Waals surface area contributed by atoms with Crippen molar-refractivity contribution in [1.82, 2.24) is 14.9 Å². The average molecular weight is 320 g/mol. The second kappa shape index (κ2) is 7.31. The molecule has 22 heavy (non-hydrogen) atoms. The van der Waals surface area contributed by atoms with E-state index in [9.17, 15) is 0 Å². The van der Waals surface area contributed by atoms with Crippen LogP contribution in [-0.4, -0.2) is 41.6 Å². The van der Waals surface area contributed by atoms with Crippen molar-refractivity contribution in [1.29, 1.82) is 0 Å². The second-order valence-electron chi connectivity index (χ2n) is 4.87. The first-order valence-electron chi connectivity index (χ1n) is 6.86. The number of thioether (sulfide) groups is 1. The van der Waals surface area contributed by atoms with Gasteiger partial charge in [0.25, 0.3) is 0 Å².